The monoisotopic (exact) mass is 426 g/mol. The van der Waals surface area contributed by atoms with E-state index in [0.717, 1.165) is 18.2 Å². The topological polar surface area (TPSA) is 56.7 Å². The van der Waals surface area contributed by atoms with Gasteiger partial charge >= 0.3 is 0 Å². The van der Waals surface area contributed by atoms with Crippen LogP contribution in [0.5, 0.6) is 0 Å². The molecule has 0 heterocycles. The second kappa shape index (κ2) is 10.3. The molecule has 0 bridgehead atoms. The molecule has 0 atom stereocenters. The molecule has 8 heteroatoms. The van der Waals surface area contributed by atoms with Gasteiger partial charge in [0.15, 0.2) is 5.96 Å². The van der Waals surface area contributed by atoms with E-state index in [1.165, 1.54) is 4.90 Å². The van der Waals surface area contributed by atoms with Crippen molar-refractivity contribution in [3.63, 3.8) is 0 Å². The molecule has 0 saturated heterocycles. The standard InChI is InChI=1S/C14H20F2N4O.HI/c1-17-14(18-7-6-13(21)20(2)3)19-9-10-8-11(15)4-5-12(10)16;/h4-5,8H,6-7,9H2,1-3H3,(H2,17,18,19);1H. The molecule has 0 unspecified atom stereocenters. The van der Waals surface area contributed by atoms with Crippen LogP contribution in [-0.4, -0.2) is 44.5 Å². The fourth-order valence-electron chi connectivity index (χ4n) is 1.59. The zero-order valence-electron chi connectivity index (χ0n) is 12.8. The highest BCUT2D eigenvalue weighted by molar-refractivity contribution is 14.0. The summed E-state index contributed by atoms with van der Waals surface area (Å²) in [7, 11) is 4.93. The molecule has 0 aliphatic rings. The van der Waals surface area contributed by atoms with Crippen LogP contribution in [0, 0.1) is 11.6 Å². The molecular weight excluding hydrogens is 405 g/mol. The van der Waals surface area contributed by atoms with E-state index in [1.54, 1.807) is 21.1 Å². The summed E-state index contributed by atoms with van der Waals surface area (Å²) in [6.07, 6.45) is 0.321. The Hall–Kier alpha value is -1.45. The lowest BCUT2D eigenvalue weighted by atomic mass is 10.2. The normalized spacial score (nSPS) is 10.7. The Morgan fingerprint density at radius 3 is 2.55 bits per heavy atom. The van der Waals surface area contributed by atoms with Gasteiger partial charge in [0.25, 0.3) is 0 Å². The van der Waals surface area contributed by atoms with Crippen LogP contribution in [0.3, 0.4) is 0 Å². The maximum absolute atomic E-state index is 13.5. The van der Waals surface area contributed by atoms with E-state index in [-0.39, 0.29) is 42.0 Å². The van der Waals surface area contributed by atoms with Crippen molar-refractivity contribution >= 4 is 35.8 Å². The second-order valence-corrected chi connectivity index (χ2v) is 4.63. The predicted octanol–water partition coefficient (Wildman–Crippen LogP) is 1.73. The van der Waals surface area contributed by atoms with E-state index in [1.807, 2.05) is 0 Å². The molecule has 0 radical (unpaired) electrons. The number of aliphatic imine (C=N–C) groups is 1. The van der Waals surface area contributed by atoms with Crippen molar-refractivity contribution in [2.75, 3.05) is 27.7 Å². The first-order valence-corrected chi connectivity index (χ1v) is 6.52. The van der Waals surface area contributed by atoms with Crippen molar-refractivity contribution in [3.05, 3.63) is 35.4 Å². The number of guanidine groups is 1. The average Bonchev–Trinajstić information content (AvgIpc) is 2.45. The number of nitrogens with zero attached hydrogens (tertiary/aromatic N) is 2. The van der Waals surface area contributed by atoms with E-state index >= 15 is 0 Å². The summed E-state index contributed by atoms with van der Waals surface area (Å²) in [4.78, 5) is 16.9. The fourth-order valence-corrected chi connectivity index (χ4v) is 1.59. The minimum absolute atomic E-state index is 0. The molecule has 0 aliphatic heterocycles. The SMILES string of the molecule is CN=C(NCCC(=O)N(C)C)NCc1cc(F)ccc1F.I. The Morgan fingerprint density at radius 2 is 1.95 bits per heavy atom. The molecule has 22 heavy (non-hydrogen) atoms. The first-order chi connectivity index (χ1) is 9.93. The lowest BCUT2D eigenvalue weighted by Gasteiger charge is -2.14. The van der Waals surface area contributed by atoms with E-state index in [9.17, 15) is 13.6 Å². The number of nitrogens with one attached hydrogen (secondary N) is 2. The Balaban J connectivity index is 0.00000441. The van der Waals surface area contributed by atoms with Gasteiger partial charge in [0, 0.05) is 46.2 Å². The molecule has 1 amide bonds. The molecule has 0 aromatic heterocycles. The molecule has 0 fully saturated rings. The van der Waals surface area contributed by atoms with Crippen molar-refractivity contribution < 1.29 is 13.6 Å². The van der Waals surface area contributed by atoms with Crippen LogP contribution < -0.4 is 10.6 Å². The van der Waals surface area contributed by atoms with Crippen LogP contribution >= 0.6 is 24.0 Å². The van der Waals surface area contributed by atoms with Crippen molar-refractivity contribution in [1.82, 2.24) is 15.5 Å². The fraction of sp³-hybridized carbons (Fsp3) is 0.429. The van der Waals surface area contributed by atoms with Gasteiger partial charge in [0.2, 0.25) is 5.91 Å². The highest BCUT2D eigenvalue weighted by atomic mass is 127. The molecule has 1 aromatic carbocycles. The minimum atomic E-state index is -0.493. The summed E-state index contributed by atoms with van der Waals surface area (Å²) in [5, 5.41) is 5.80. The zero-order valence-corrected chi connectivity index (χ0v) is 15.2. The van der Waals surface area contributed by atoms with Gasteiger partial charge in [-0.2, -0.15) is 0 Å². The quantitative estimate of drug-likeness (QED) is 0.429. The number of hydrogen-bond donors (Lipinski definition) is 2. The van der Waals surface area contributed by atoms with Gasteiger partial charge in [-0.05, 0) is 18.2 Å². The zero-order chi connectivity index (χ0) is 15.8. The third-order valence-electron chi connectivity index (χ3n) is 2.81. The molecule has 1 rings (SSSR count). The van der Waals surface area contributed by atoms with Gasteiger partial charge in [-0.1, -0.05) is 0 Å². The lowest BCUT2D eigenvalue weighted by molar-refractivity contribution is -0.128. The van der Waals surface area contributed by atoms with E-state index in [4.69, 9.17) is 0 Å². The van der Waals surface area contributed by atoms with Crippen molar-refractivity contribution in [1.29, 1.82) is 0 Å². The number of benzene rings is 1. The average molecular weight is 426 g/mol. The number of halogens is 3. The third-order valence-corrected chi connectivity index (χ3v) is 2.81. The summed E-state index contributed by atoms with van der Waals surface area (Å²) in [5.74, 6) is -0.561. The highest BCUT2D eigenvalue weighted by Crippen LogP contribution is 2.08. The van der Waals surface area contributed by atoms with Gasteiger partial charge in [-0.3, -0.25) is 9.79 Å². The van der Waals surface area contributed by atoms with Gasteiger partial charge in [0.1, 0.15) is 11.6 Å². The molecule has 0 spiro atoms. The van der Waals surface area contributed by atoms with Crippen LogP contribution in [-0.2, 0) is 11.3 Å². The Morgan fingerprint density at radius 1 is 1.27 bits per heavy atom. The van der Waals surface area contributed by atoms with Crippen molar-refractivity contribution in [3.8, 4) is 0 Å². The van der Waals surface area contributed by atoms with Crippen LogP contribution in [0.2, 0.25) is 0 Å². The molecule has 124 valence electrons. The third kappa shape index (κ3) is 7.01. The highest BCUT2D eigenvalue weighted by Gasteiger charge is 2.06. The molecule has 5 nitrogen and oxygen atoms in total. The van der Waals surface area contributed by atoms with E-state index < -0.39 is 11.6 Å². The summed E-state index contributed by atoms with van der Waals surface area (Å²) in [6, 6.07) is 3.28. The molecule has 1 aromatic rings. The van der Waals surface area contributed by atoms with E-state index in [0.29, 0.717) is 18.9 Å². The van der Waals surface area contributed by atoms with Gasteiger partial charge in [-0.25, -0.2) is 8.78 Å². The second-order valence-electron chi connectivity index (χ2n) is 4.63. The van der Waals surface area contributed by atoms with Gasteiger partial charge < -0.3 is 15.5 Å². The van der Waals surface area contributed by atoms with Crippen molar-refractivity contribution in [2.45, 2.75) is 13.0 Å². The largest absolute Gasteiger partial charge is 0.356 e. The minimum Gasteiger partial charge on any atom is -0.356 e. The Kier molecular flexibility index (Phi) is 9.63. The smallest absolute Gasteiger partial charge is 0.223 e. The van der Waals surface area contributed by atoms with Crippen LogP contribution in [0.25, 0.3) is 0 Å². The first-order valence-electron chi connectivity index (χ1n) is 6.52. The molecule has 0 saturated carbocycles. The van der Waals surface area contributed by atoms with Crippen LogP contribution in [0.4, 0.5) is 8.78 Å². The summed E-state index contributed by atoms with van der Waals surface area (Å²) >= 11 is 0. The maximum Gasteiger partial charge on any atom is 0.223 e. The Labute approximate surface area is 146 Å². The number of hydrogen-bond acceptors (Lipinski definition) is 2. The van der Waals surface area contributed by atoms with Gasteiger partial charge in [-0.15, -0.1) is 24.0 Å². The summed E-state index contributed by atoms with van der Waals surface area (Å²) in [6.45, 7) is 0.507. The molecular formula is C14H21F2IN4O. The van der Waals surface area contributed by atoms with Crippen molar-refractivity contribution in [2.24, 2.45) is 4.99 Å². The lowest BCUT2D eigenvalue weighted by Crippen LogP contribution is -2.39. The van der Waals surface area contributed by atoms with Crippen LogP contribution in [0.15, 0.2) is 23.2 Å². The number of amides is 1. The molecule has 0 aliphatic carbocycles. The Bertz CT molecular complexity index is 524. The van der Waals surface area contributed by atoms with Crippen LogP contribution in [0.1, 0.15) is 12.0 Å². The van der Waals surface area contributed by atoms with E-state index in [2.05, 4.69) is 15.6 Å². The predicted molar refractivity (Wildman–Crippen MR) is 93.3 cm³/mol. The number of rotatable bonds is 5. The number of carbonyl (C=O) groups is 1. The molecule has 2 N–H and O–H groups in total. The van der Waals surface area contributed by atoms with Gasteiger partial charge in [0.05, 0.1) is 0 Å². The first kappa shape index (κ1) is 20.6. The maximum atomic E-state index is 13.5. The summed E-state index contributed by atoms with van der Waals surface area (Å²) in [5.41, 5.74) is 0.210. The summed E-state index contributed by atoms with van der Waals surface area (Å²) < 4.78 is 26.5. The number of carbonyl (C=O) groups excluding carboxylic acids is 1.